The topological polar surface area (TPSA) is 43.4 Å². The van der Waals surface area contributed by atoms with Gasteiger partial charge in [0.1, 0.15) is 0 Å². The van der Waals surface area contributed by atoms with Gasteiger partial charge in [0.25, 0.3) is 0 Å². The number of rotatable bonds is 1. The summed E-state index contributed by atoms with van der Waals surface area (Å²) in [5, 5.41) is 0. The Hall–Kier alpha value is -1.64. The van der Waals surface area contributed by atoms with Gasteiger partial charge < -0.3 is 4.74 Å². The van der Waals surface area contributed by atoms with Crippen LogP contribution in [-0.2, 0) is 14.3 Å². The second kappa shape index (κ2) is 3.85. The van der Waals surface area contributed by atoms with Crippen LogP contribution in [0.3, 0.4) is 0 Å². The average molecular weight is 178 g/mol. The zero-order valence-corrected chi connectivity index (χ0v) is 7.53. The highest BCUT2D eigenvalue weighted by Crippen LogP contribution is 2.21. The van der Waals surface area contributed by atoms with Crippen LogP contribution in [0.2, 0.25) is 0 Å². The normalized spacial score (nSPS) is 23.5. The van der Waals surface area contributed by atoms with Crippen molar-refractivity contribution in [3.8, 4) is 0 Å². The number of carbonyl (C=O) groups excluding carboxylic acids is 2. The molecule has 0 aromatic heterocycles. The van der Waals surface area contributed by atoms with Crippen molar-refractivity contribution < 1.29 is 14.3 Å². The number of carbonyl (C=O) groups is 2. The molecule has 1 saturated heterocycles. The first kappa shape index (κ1) is 9.45. The van der Waals surface area contributed by atoms with Gasteiger partial charge in [-0.05, 0) is 19.9 Å². The highest BCUT2D eigenvalue weighted by molar-refractivity contribution is 6.18. The maximum atomic E-state index is 11.1. The third kappa shape index (κ3) is 1.75. The summed E-state index contributed by atoms with van der Waals surface area (Å²) < 4.78 is 4.43. The Morgan fingerprint density at radius 2 is 1.69 bits per heavy atom. The number of allylic oxidation sites excluding steroid dienone is 4. The van der Waals surface area contributed by atoms with Crippen LogP contribution in [0.4, 0.5) is 0 Å². The van der Waals surface area contributed by atoms with Crippen LogP contribution in [0.5, 0.6) is 0 Å². The van der Waals surface area contributed by atoms with E-state index < -0.39 is 11.9 Å². The van der Waals surface area contributed by atoms with E-state index in [-0.39, 0.29) is 0 Å². The first-order valence-corrected chi connectivity index (χ1v) is 3.97. The largest absolute Gasteiger partial charge is 0.386 e. The van der Waals surface area contributed by atoms with Gasteiger partial charge in [-0.1, -0.05) is 18.2 Å². The molecule has 0 amide bonds. The fourth-order valence-corrected chi connectivity index (χ4v) is 1.04. The molecule has 0 aromatic carbocycles. The molecule has 0 aliphatic carbocycles. The Bertz CT molecular complexity index is 332. The number of ether oxygens (including phenoxy) is 1. The van der Waals surface area contributed by atoms with E-state index in [4.69, 9.17) is 0 Å². The minimum Gasteiger partial charge on any atom is -0.386 e. The molecule has 13 heavy (non-hydrogen) atoms. The first-order chi connectivity index (χ1) is 6.20. The van der Waals surface area contributed by atoms with Crippen molar-refractivity contribution in [3.63, 3.8) is 0 Å². The summed E-state index contributed by atoms with van der Waals surface area (Å²) in [4.78, 5) is 22.1. The lowest BCUT2D eigenvalue weighted by molar-refractivity contribution is -0.149. The zero-order valence-electron chi connectivity index (χ0n) is 7.53. The van der Waals surface area contributed by atoms with E-state index >= 15 is 0 Å². The van der Waals surface area contributed by atoms with Crippen molar-refractivity contribution in [2.45, 2.75) is 13.8 Å². The van der Waals surface area contributed by atoms with Gasteiger partial charge in [-0.2, -0.15) is 0 Å². The van der Waals surface area contributed by atoms with Crippen LogP contribution in [0, 0.1) is 0 Å². The van der Waals surface area contributed by atoms with E-state index in [0.717, 1.165) is 0 Å². The summed E-state index contributed by atoms with van der Waals surface area (Å²) in [5.74, 6) is -1.14. The molecule has 0 atom stereocenters. The smallest absolute Gasteiger partial charge is 0.346 e. The third-order valence-corrected chi connectivity index (χ3v) is 1.66. The highest BCUT2D eigenvalue weighted by Gasteiger charge is 2.31. The van der Waals surface area contributed by atoms with Crippen molar-refractivity contribution in [1.82, 2.24) is 0 Å². The minimum absolute atomic E-state index is 0.325. The monoisotopic (exact) mass is 178 g/mol. The van der Waals surface area contributed by atoms with E-state index in [0.29, 0.717) is 11.1 Å². The molecule has 0 aromatic rings. The zero-order chi connectivity index (χ0) is 9.84. The molecule has 0 unspecified atom stereocenters. The predicted molar refractivity (Wildman–Crippen MR) is 47.8 cm³/mol. The number of hydrogen-bond acceptors (Lipinski definition) is 3. The lowest BCUT2D eigenvalue weighted by atomic mass is 10.1. The lowest BCUT2D eigenvalue weighted by Crippen LogP contribution is -1.96. The van der Waals surface area contributed by atoms with Gasteiger partial charge >= 0.3 is 11.9 Å². The van der Waals surface area contributed by atoms with Crippen LogP contribution in [0.25, 0.3) is 0 Å². The van der Waals surface area contributed by atoms with Crippen LogP contribution in [0.15, 0.2) is 35.5 Å². The Morgan fingerprint density at radius 1 is 1.08 bits per heavy atom. The summed E-state index contributed by atoms with van der Waals surface area (Å²) in [6, 6.07) is 0. The quantitative estimate of drug-likeness (QED) is 0.347. The first-order valence-electron chi connectivity index (χ1n) is 3.97. The Labute approximate surface area is 76.4 Å². The third-order valence-electron chi connectivity index (χ3n) is 1.66. The fourth-order valence-electron chi connectivity index (χ4n) is 1.04. The van der Waals surface area contributed by atoms with E-state index in [2.05, 4.69) is 4.74 Å². The summed E-state index contributed by atoms with van der Waals surface area (Å²) in [5.41, 5.74) is 0.661. The number of hydrogen-bond donors (Lipinski definition) is 0. The summed E-state index contributed by atoms with van der Waals surface area (Å²) in [6.07, 6.45) is 6.61. The summed E-state index contributed by atoms with van der Waals surface area (Å²) in [6.45, 7) is 3.52. The van der Waals surface area contributed by atoms with Crippen LogP contribution >= 0.6 is 0 Å². The average Bonchev–Trinajstić information content (AvgIpc) is 2.37. The van der Waals surface area contributed by atoms with Crippen molar-refractivity contribution >= 4 is 11.9 Å². The molecule has 0 N–H and O–H groups in total. The summed E-state index contributed by atoms with van der Waals surface area (Å²) >= 11 is 0. The molecule has 68 valence electrons. The van der Waals surface area contributed by atoms with Crippen molar-refractivity contribution in [3.05, 3.63) is 35.5 Å². The van der Waals surface area contributed by atoms with Gasteiger partial charge in [0.05, 0.1) is 11.1 Å². The van der Waals surface area contributed by atoms with E-state index in [1.165, 1.54) is 0 Å². The highest BCUT2D eigenvalue weighted by atomic mass is 16.6. The van der Waals surface area contributed by atoms with E-state index in [9.17, 15) is 9.59 Å². The second-order valence-electron chi connectivity index (χ2n) is 2.49. The molecule has 1 fully saturated rings. The SMILES string of the molecule is C/C=C/C=C1/C(=O)OC(=O)/C1=C/C. The van der Waals surface area contributed by atoms with Crippen LogP contribution in [-0.4, -0.2) is 11.9 Å². The van der Waals surface area contributed by atoms with Gasteiger partial charge in [-0.15, -0.1) is 0 Å². The molecule has 3 heteroatoms. The van der Waals surface area contributed by atoms with Crippen LogP contribution in [0.1, 0.15) is 13.8 Å². The Morgan fingerprint density at radius 3 is 2.23 bits per heavy atom. The van der Waals surface area contributed by atoms with Gasteiger partial charge in [0, 0.05) is 0 Å². The molecular weight excluding hydrogens is 168 g/mol. The molecule has 1 aliphatic rings. The Kier molecular flexibility index (Phi) is 2.80. The number of esters is 2. The van der Waals surface area contributed by atoms with Crippen molar-refractivity contribution in [1.29, 1.82) is 0 Å². The standard InChI is InChI=1S/C10H10O3/c1-3-5-6-8-7(4-2)9(11)13-10(8)12/h3-6H,1-2H3/b5-3+,7-4+,8-6+. The molecule has 0 radical (unpaired) electrons. The molecule has 0 saturated carbocycles. The predicted octanol–water partition coefficient (Wildman–Crippen LogP) is 1.52. The maximum Gasteiger partial charge on any atom is 0.346 e. The number of cyclic esters (lactones) is 2. The van der Waals surface area contributed by atoms with Gasteiger partial charge in [0.15, 0.2) is 0 Å². The van der Waals surface area contributed by atoms with Crippen LogP contribution < -0.4 is 0 Å². The molecule has 1 rings (SSSR count). The molecule has 1 aliphatic heterocycles. The molecule has 0 spiro atoms. The molecular formula is C10H10O3. The maximum absolute atomic E-state index is 11.1. The van der Waals surface area contributed by atoms with E-state index in [1.54, 1.807) is 31.2 Å². The van der Waals surface area contributed by atoms with E-state index in [1.807, 2.05) is 6.92 Å². The van der Waals surface area contributed by atoms with Crippen molar-refractivity contribution in [2.75, 3.05) is 0 Å². The lowest BCUT2D eigenvalue weighted by Gasteiger charge is -1.87. The molecule has 1 heterocycles. The van der Waals surface area contributed by atoms with Gasteiger partial charge in [-0.25, -0.2) is 9.59 Å². The van der Waals surface area contributed by atoms with Gasteiger partial charge in [-0.3, -0.25) is 0 Å². The molecule has 0 bridgehead atoms. The fraction of sp³-hybridized carbons (Fsp3) is 0.200. The van der Waals surface area contributed by atoms with Crippen molar-refractivity contribution in [2.24, 2.45) is 0 Å². The summed E-state index contributed by atoms with van der Waals surface area (Å²) in [7, 11) is 0. The van der Waals surface area contributed by atoms with Gasteiger partial charge in [0.2, 0.25) is 0 Å². The second-order valence-corrected chi connectivity index (χ2v) is 2.49. The molecule has 3 nitrogen and oxygen atoms in total. The Balaban J connectivity index is 3.08. The minimum atomic E-state index is -0.573.